The molecule has 3 heterocycles. The fraction of sp³-hybridized carbons (Fsp3) is 0.562. The molecule has 118 valence electrons. The normalized spacial score (nSPS) is 18.6. The number of amides is 1. The second-order valence-corrected chi connectivity index (χ2v) is 5.89. The maximum Gasteiger partial charge on any atom is 0.243 e. The van der Waals surface area contributed by atoms with Crippen molar-refractivity contribution in [2.75, 3.05) is 6.54 Å². The molecule has 2 aromatic heterocycles. The highest BCUT2D eigenvalue weighted by molar-refractivity contribution is 5.76. The highest BCUT2D eigenvalue weighted by Gasteiger charge is 2.30. The predicted molar refractivity (Wildman–Crippen MR) is 83.2 cm³/mol. The standard InChI is InChI=1S/C16H23N5O/c1-3-14-17-7-9-20(14)11-15(22)21-8-5-4-6-13(21)16-12(2)10-18-19-16/h7,9-10,13H,3-6,8,11H2,1-2H3,(H,18,19). The maximum absolute atomic E-state index is 12.8. The van der Waals surface area contributed by atoms with E-state index in [0.717, 1.165) is 49.3 Å². The van der Waals surface area contributed by atoms with E-state index in [-0.39, 0.29) is 11.9 Å². The largest absolute Gasteiger partial charge is 0.333 e. The fourth-order valence-electron chi connectivity index (χ4n) is 3.26. The molecule has 22 heavy (non-hydrogen) atoms. The number of aromatic nitrogens is 4. The second kappa shape index (κ2) is 6.34. The Morgan fingerprint density at radius 3 is 3.05 bits per heavy atom. The van der Waals surface area contributed by atoms with Crippen LogP contribution in [0.2, 0.25) is 0 Å². The van der Waals surface area contributed by atoms with E-state index in [1.165, 1.54) is 0 Å². The number of carbonyl (C=O) groups excluding carboxylic acids is 1. The van der Waals surface area contributed by atoms with Crippen LogP contribution in [-0.2, 0) is 17.8 Å². The molecule has 6 nitrogen and oxygen atoms in total. The Morgan fingerprint density at radius 2 is 2.32 bits per heavy atom. The first-order valence-corrected chi connectivity index (χ1v) is 8.00. The molecule has 1 amide bonds. The molecule has 1 aliphatic rings. The first-order chi connectivity index (χ1) is 10.7. The number of nitrogens with one attached hydrogen (secondary N) is 1. The Kier molecular flexibility index (Phi) is 4.27. The van der Waals surface area contributed by atoms with E-state index in [2.05, 4.69) is 22.1 Å². The third-order valence-corrected chi connectivity index (χ3v) is 4.45. The van der Waals surface area contributed by atoms with E-state index in [1.807, 2.05) is 28.8 Å². The van der Waals surface area contributed by atoms with Gasteiger partial charge >= 0.3 is 0 Å². The molecule has 0 aliphatic carbocycles. The van der Waals surface area contributed by atoms with Crippen LogP contribution >= 0.6 is 0 Å². The lowest BCUT2D eigenvalue weighted by Gasteiger charge is -2.35. The number of rotatable bonds is 4. The van der Waals surface area contributed by atoms with Crippen LogP contribution in [0.3, 0.4) is 0 Å². The zero-order valence-electron chi connectivity index (χ0n) is 13.2. The number of nitrogens with zero attached hydrogens (tertiary/aromatic N) is 4. The molecule has 1 aliphatic heterocycles. The van der Waals surface area contributed by atoms with Gasteiger partial charge in [0.1, 0.15) is 12.4 Å². The van der Waals surface area contributed by atoms with Gasteiger partial charge in [0, 0.05) is 25.4 Å². The van der Waals surface area contributed by atoms with Gasteiger partial charge in [0.05, 0.1) is 17.9 Å². The molecule has 1 unspecified atom stereocenters. The molecule has 0 radical (unpaired) electrons. The van der Waals surface area contributed by atoms with Crippen LogP contribution in [-0.4, -0.2) is 37.1 Å². The van der Waals surface area contributed by atoms with Gasteiger partial charge < -0.3 is 9.47 Å². The monoisotopic (exact) mass is 301 g/mol. The first kappa shape index (κ1) is 14.8. The maximum atomic E-state index is 12.8. The second-order valence-electron chi connectivity index (χ2n) is 5.89. The van der Waals surface area contributed by atoms with Crippen molar-refractivity contribution in [3.8, 4) is 0 Å². The molecule has 1 N–H and O–H groups in total. The third kappa shape index (κ3) is 2.77. The number of hydrogen-bond donors (Lipinski definition) is 1. The van der Waals surface area contributed by atoms with Gasteiger partial charge in [-0.15, -0.1) is 0 Å². The summed E-state index contributed by atoms with van der Waals surface area (Å²) >= 11 is 0. The quantitative estimate of drug-likeness (QED) is 0.941. The van der Waals surface area contributed by atoms with Gasteiger partial charge in [0.15, 0.2) is 0 Å². The number of aryl methyl sites for hydroxylation is 2. The van der Waals surface area contributed by atoms with Gasteiger partial charge in [-0.05, 0) is 31.7 Å². The Balaban J connectivity index is 1.79. The summed E-state index contributed by atoms with van der Waals surface area (Å²) in [4.78, 5) is 19.1. The summed E-state index contributed by atoms with van der Waals surface area (Å²) in [5.41, 5.74) is 2.20. The number of carbonyl (C=O) groups is 1. The van der Waals surface area contributed by atoms with E-state index in [4.69, 9.17) is 0 Å². The van der Waals surface area contributed by atoms with Crippen molar-refractivity contribution < 1.29 is 4.79 Å². The van der Waals surface area contributed by atoms with Gasteiger partial charge in [-0.2, -0.15) is 5.10 Å². The summed E-state index contributed by atoms with van der Waals surface area (Å²) in [5.74, 6) is 1.12. The minimum Gasteiger partial charge on any atom is -0.333 e. The van der Waals surface area contributed by atoms with E-state index in [9.17, 15) is 4.79 Å². The van der Waals surface area contributed by atoms with Crippen molar-refractivity contribution in [1.82, 2.24) is 24.6 Å². The molecule has 2 aromatic rings. The highest BCUT2D eigenvalue weighted by Crippen LogP contribution is 2.31. The minimum absolute atomic E-state index is 0.123. The molecule has 0 aromatic carbocycles. The molecule has 0 saturated carbocycles. The van der Waals surface area contributed by atoms with Gasteiger partial charge in [-0.3, -0.25) is 9.89 Å². The minimum atomic E-state index is 0.123. The summed E-state index contributed by atoms with van der Waals surface area (Å²) in [6, 6.07) is 0.123. The summed E-state index contributed by atoms with van der Waals surface area (Å²) in [7, 11) is 0. The van der Waals surface area contributed by atoms with Crippen LogP contribution in [0.15, 0.2) is 18.6 Å². The molecular weight excluding hydrogens is 278 g/mol. The molecule has 1 saturated heterocycles. The van der Waals surface area contributed by atoms with Crippen LogP contribution in [0, 0.1) is 6.92 Å². The zero-order valence-corrected chi connectivity index (χ0v) is 13.2. The SMILES string of the molecule is CCc1nccn1CC(=O)N1CCCCC1c1[nH]ncc1C. The number of likely N-dealkylation sites (tertiary alicyclic amines) is 1. The number of imidazole rings is 1. The van der Waals surface area contributed by atoms with E-state index >= 15 is 0 Å². The van der Waals surface area contributed by atoms with Crippen molar-refractivity contribution in [2.24, 2.45) is 0 Å². The number of hydrogen-bond acceptors (Lipinski definition) is 3. The predicted octanol–water partition coefficient (Wildman–Crippen LogP) is 2.23. The first-order valence-electron chi connectivity index (χ1n) is 8.00. The Morgan fingerprint density at radius 1 is 1.45 bits per heavy atom. The average Bonchev–Trinajstić information content (AvgIpc) is 3.15. The lowest BCUT2D eigenvalue weighted by Crippen LogP contribution is -2.40. The summed E-state index contributed by atoms with van der Waals surface area (Å²) in [6.45, 7) is 5.28. The number of aromatic amines is 1. The van der Waals surface area contributed by atoms with E-state index < -0.39 is 0 Å². The fourth-order valence-corrected chi connectivity index (χ4v) is 3.26. The van der Waals surface area contributed by atoms with Crippen molar-refractivity contribution >= 4 is 5.91 Å². The van der Waals surface area contributed by atoms with Crippen LogP contribution in [0.5, 0.6) is 0 Å². The van der Waals surface area contributed by atoms with Crippen molar-refractivity contribution in [3.63, 3.8) is 0 Å². The number of H-pyrrole nitrogens is 1. The van der Waals surface area contributed by atoms with Crippen LogP contribution < -0.4 is 0 Å². The molecular formula is C16H23N5O. The Bertz CT molecular complexity index is 645. The van der Waals surface area contributed by atoms with Crippen LogP contribution in [0.4, 0.5) is 0 Å². The van der Waals surface area contributed by atoms with E-state index in [0.29, 0.717) is 6.54 Å². The summed E-state index contributed by atoms with van der Waals surface area (Å²) < 4.78 is 1.95. The van der Waals surface area contributed by atoms with Gasteiger partial charge in [-0.25, -0.2) is 4.98 Å². The lowest BCUT2D eigenvalue weighted by molar-refractivity contribution is -0.135. The number of piperidine rings is 1. The topological polar surface area (TPSA) is 66.8 Å². The van der Waals surface area contributed by atoms with Crippen molar-refractivity contribution in [1.29, 1.82) is 0 Å². The van der Waals surface area contributed by atoms with E-state index in [1.54, 1.807) is 6.20 Å². The smallest absolute Gasteiger partial charge is 0.243 e. The molecule has 3 rings (SSSR count). The van der Waals surface area contributed by atoms with Crippen LogP contribution in [0.25, 0.3) is 0 Å². The molecule has 0 spiro atoms. The molecule has 0 bridgehead atoms. The Hall–Kier alpha value is -2.11. The summed E-state index contributed by atoms with van der Waals surface area (Å²) in [6.07, 6.45) is 9.54. The van der Waals surface area contributed by atoms with Gasteiger partial charge in [0.25, 0.3) is 0 Å². The lowest BCUT2D eigenvalue weighted by atomic mass is 9.97. The molecule has 1 atom stereocenters. The summed E-state index contributed by atoms with van der Waals surface area (Å²) in [5, 5.41) is 7.19. The van der Waals surface area contributed by atoms with Crippen LogP contribution in [0.1, 0.15) is 49.3 Å². The highest BCUT2D eigenvalue weighted by atomic mass is 16.2. The molecule has 1 fully saturated rings. The zero-order chi connectivity index (χ0) is 15.5. The van der Waals surface area contributed by atoms with Crippen molar-refractivity contribution in [2.45, 2.75) is 52.1 Å². The Labute approximate surface area is 130 Å². The molecule has 6 heteroatoms. The third-order valence-electron chi connectivity index (χ3n) is 4.45. The van der Waals surface area contributed by atoms with Gasteiger partial charge in [0.2, 0.25) is 5.91 Å². The average molecular weight is 301 g/mol. The van der Waals surface area contributed by atoms with Gasteiger partial charge in [-0.1, -0.05) is 6.92 Å². The van der Waals surface area contributed by atoms with Crippen molar-refractivity contribution in [3.05, 3.63) is 35.7 Å².